The first-order valence-corrected chi connectivity index (χ1v) is 13.0. The molecular weight excluding hydrogens is 496 g/mol. The molecule has 3 aliphatic rings. The van der Waals surface area contributed by atoms with Crippen LogP contribution in [0.25, 0.3) is 0 Å². The monoisotopic (exact) mass is 530 g/mol. The summed E-state index contributed by atoms with van der Waals surface area (Å²) in [5.74, 6) is 0.737. The number of nitrogens with zero attached hydrogens (tertiary/aromatic N) is 6. The first kappa shape index (κ1) is 26.2. The molecule has 6 rings (SSSR count). The second-order valence-corrected chi connectivity index (χ2v) is 10.5. The van der Waals surface area contributed by atoms with Gasteiger partial charge in [0.25, 0.3) is 11.8 Å². The van der Waals surface area contributed by atoms with Crippen molar-refractivity contribution < 1.29 is 14.4 Å². The van der Waals surface area contributed by atoms with E-state index in [0.29, 0.717) is 23.5 Å². The Bertz CT molecular complexity index is 1400. The molecule has 2 aromatic heterocycles. The average Bonchev–Trinajstić information content (AvgIpc) is 3.31. The molecule has 4 heterocycles. The summed E-state index contributed by atoms with van der Waals surface area (Å²) in [5, 5.41) is 10.5. The zero-order valence-corrected chi connectivity index (χ0v) is 22.9. The number of fused-ring (bicyclic) bond motifs is 2. The van der Waals surface area contributed by atoms with E-state index in [1.807, 2.05) is 48.1 Å². The van der Waals surface area contributed by atoms with Gasteiger partial charge in [-0.25, -0.2) is 9.78 Å². The van der Waals surface area contributed by atoms with E-state index in [1.165, 1.54) is 9.80 Å². The van der Waals surface area contributed by atoms with E-state index in [0.717, 1.165) is 42.0 Å². The number of hydrogen-bond donors (Lipinski definition) is 2. The van der Waals surface area contributed by atoms with Crippen LogP contribution >= 0.6 is 0 Å². The molecule has 204 valence electrons. The summed E-state index contributed by atoms with van der Waals surface area (Å²) < 4.78 is 1.85. The lowest BCUT2D eigenvalue weighted by atomic mass is 9.77. The van der Waals surface area contributed by atoms with Gasteiger partial charge in [-0.3, -0.25) is 14.3 Å². The molecule has 11 nitrogen and oxygen atoms in total. The molecule has 1 saturated heterocycles. The molecular formula is C28H34N8O3. The zero-order chi connectivity index (χ0) is 27.8. The summed E-state index contributed by atoms with van der Waals surface area (Å²) in [5.41, 5.74) is 4.67. The lowest BCUT2D eigenvalue weighted by Gasteiger charge is -2.46. The molecule has 1 aromatic carbocycles. The SMILES string of the molecule is CN(C)C(=O)Nc1ccc(CNC(=O)c2nn(C)c3c2[C@H]2CC[C@@H]3CN2c2ccc(C(=O)N(C)C)cn2)cc1. The second kappa shape index (κ2) is 10.4. The Morgan fingerprint density at radius 3 is 2.38 bits per heavy atom. The lowest BCUT2D eigenvalue weighted by Crippen LogP contribution is -2.44. The van der Waals surface area contributed by atoms with Crippen molar-refractivity contribution in [2.24, 2.45) is 7.05 Å². The zero-order valence-electron chi connectivity index (χ0n) is 22.9. The van der Waals surface area contributed by atoms with Gasteiger partial charge < -0.3 is 25.3 Å². The van der Waals surface area contributed by atoms with Crippen molar-refractivity contribution in [3.8, 4) is 0 Å². The van der Waals surface area contributed by atoms with E-state index in [-0.39, 0.29) is 29.8 Å². The normalized spacial score (nSPS) is 17.4. The number of carbonyl (C=O) groups excluding carboxylic acids is 3. The van der Waals surface area contributed by atoms with Crippen molar-refractivity contribution in [1.82, 2.24) is 29.9 Å². The van der Waals surface area contributed by atoms with Crippen LogP contribution in [0.2, 0.25) is 0 Å². The van der Waals surface area contributed by atoms with E-state index >= 15 is 0 Å². The summed E-state index contributed by atoms with van der Waals surface area (Å²) in [6.45, 7) is 1.13. The van der Waals surface area contributed by atoms with E-state index in [2.05, 4.69) is 25.6 Å². The van der Waals surface area contributed by atoms with Crippen LogP contribution in [0.4, 0.5) is 16.3 Å². The minimum absolute atomic E-state index is 0.0121. The molecule has 1 aliphatic carbocycles. The molecule has 2 N–H and O–H groups in total. The standard InChI is InChI=1S/C28H34N8O3/c1-33(2)27(38)18-9-13-22(29-15-18)36-16-19-8-12-21(36)23-24(32-35(5)25(19)23)26(37)30-14-17-6-10-20(11-7-17)31-28(39)34(3)4/h6-7,9-11,13,15,19,21H,8,12,14,16H2,1-5H3,(H,30,37)(H,31,39)/t19-,21-/m1/s1. The fraction of sp³-hybridized carbons (Fsp3) is 0.393. The maximum absolute atomic E-state index is 13.4. The fourth-order valence-electron chi connectivity index (χ4n) is 5.43. The van der Waals surface area contributed by atoms with E-state index in [1.54, 1.807) is 34.4 Å². The Kier molecular flexibility index (Phi) is 6.98. The number of urea groups is 1. The van der Waals surface area contributed by atoms with Crippen LogP contribution in [0.3, 0.4) is 0 Å². The second-order valence-electron chi connectivity index (χ2n) is 10.5. The van der Waals surface area contributed by atoms with Gasteiger partial charge in [-0.05, 0) is 42.7 Å². The fourth-order valence-corrected chi connectivity index (χ4v) is 5.43. The Morgan fingerprint density at radius 1 is 1.00 bits per heavy atom. The molecule has 2 atom stereocenters. The van der Waals surface area contributed by atoms with E-state index in [4.69, 9.17) is 0 Å². The molecule has 3 aromatic rings. The van der Waals surface area contributed by atoms with Crippen molar-refractivity contribution in [2.45, 2.75) is 31.3 Å². The maximum atomic E-state index is 13.4. The quantitative estimate of drug-likeness (QED) is 0.506. The number of pyridine rings is 1. The van der Waals surface area contributed by atoms with Crippen molar-refractivity contribution in [2.75, 3.05) is 45.0 Å². The van der Waals surface area contributed by atoms with Crippen LogP contribution in [-0.4, -0.2) is 77.1 Å². The summed E-state index contributed by atoms with van der Waals surface area (Å²) >= 11 is 0. The number of piperidine rings is 1. The van der Waals surface area contributed by atoms with Crippen LogP contribution in [0.5, 0.6) is 0 Å². The number of hydrogen-bond acceptors (Lipinski definition) is 6. The highest BCUT2D eigenvalue weighted by molar-refractivity contribution is 5.95. The topological polar surface area (TPSA) is 116 Å². The molecule has 0 radical (unpaired) electrons. The predicted octanol–water partition coefficient (Wildman–Crippen LogP) is 2.98. The molecule has 0 saturated carbocycles. The van der Waals surface area contributed by atoms with Crippen LogP contribution in [0.15, 0.2) is 42.6 Å². The van der Waals surface area contributed by atoms with Crippen molar-refractivity contribution in [1.29, 1.82) is 0 Å². The molecule has 4 amide bonds. The molecule has 0 spiro atoms. The number of benzene rings is 1. The highest BCUT2D eigenvalue weighted by Crippen LogP contribution is 2.49. The largest absolute Gasteiger partial charge is 0.349 e. The Balaban J connectivity index is 1.32. The maximum Gasteiger partial charge on any atom is 0.321 e. The van der Waals surface area contributed by atoms with Crippen LogP contribution < -0.4 is 15.5 Å². The summed E-state index contributed by atoms with van der Waals surface area (Å²) in [6.07, 6.45) is 3.56. The number of nitrogens with one attached hydrogen (secondary N) is 2. The van der Waals surface area contributed by atoms with Gasteiger partial charge in [-0.15, -0.1) is 0 Å². The first-order chi connectivity index (χ1) is 18.6. The summed E-state index contributed by atoms with van der Waals surface area (Å²) in [4.78, 5) is 47.4. The van der Waals surface area contributed by atoms with Crippen LogP contribution in [0.1, 0.15) is 62.5 Å². The summed E-state index contributed by atoms with van der Waals surface area (Å²) in [6, 6.07) is 10.9. The van der Waals surface area contributed by atoms with Gasteiger partial charge in [0, 0.05) is 77.4 Å². The Morgan fingerprint density at radius 2 is 1.74 bits per heavy atom. The van der Waals surface area contributed by atoms with Gasteiger partial charge in [0.15, 0.2) is 5.69 Å². The van der Waals surface area contributed by atoms with Gasteiger partial charge in [-0.1, -0.05) is 12.1 Å². The lowest BCUT2D eigenvalue weighted by molar-refractivity contribution is 0.0826. The molecule has 1 fully saturated rings. The molecule has 11 heteroatoms. The van der Waals surface area contributed by atoms with E-state index < -0.39 is 0 Å². The molecule has 0 unspecified atom stereocenters. The van der Waals surface area contributed by atoms with Gasteiger partial charge >= 0.3 is 6.03 Å². The van der Waals surface area contributed by atoms with Crippen LogP contribution in [-0.2, 0) is 13.6 Å². The third-order valence-electron chi connectivity index (χ3n) is 7.41. The number of anilines is 2. The number of aryl methyl sites for hydroxylation is 1. The Labute approximate surface area is 227 Å². The minimum atomic E-state index is -0.218. The van der Waals surface area contributed by atoms with Crippen molar-refractivity contribution in [3.05, 3.63) is 70.7 Å². The number of rotatable bonds is 6. The Hall–Kier alpha value is -4.41. The predicted molar refractivity (Wildman–Crippen MR) is 148 cm³/mol. The van der Waals surface area contributed by atoms with E-state index in [9.17, 15) is 14.4 Å². The number of amides is 4. The van der Waals surface area contributed by atoms with Crippen molar-refractivity contribution >= 4 is 29.4 Å². The number of aromatic nitrogens is 3. The molecule has 39 heavy (non-hydrogen) atoms. The van der Waals surface area contributed by atoms with Crippen molar-refractivity contribution in [3.63, 3.8) is 0 Å². The third kappa shape index (κ3) is 5.04. The third-order valence-corrected chi connectivity index (χ3v) is 7.41. The number of carbonyl (C=O) groups is 3. The van der Waals surface area contributed by atoms with Gasteiger partial charge in [0.05, 0.1) is 11.6 Å². The smallest absolute Gasteiger partial charge is 0.321 e. The highest BCUT2D eigenvalue weighted by atomic mass is 16.2. The minimum Gasteiger partial charge on any atom is -0.349 e. The highest BCUT2D eigenvalue weighted by Gasteiger charge is 2.44. The van der Waals surface area contributed by atoms with Gasteiger partial charge in [0.1, 0.15) is 5.82 Å². The molecule has 2 aliphatic heterocycles. The van der Waals surface area contributed by atoms with Crippen LogP contribution in [0, 0.1) is 0 Å². The summed E-state index contributed by atoms with van der Waals surface area (Å²) in [7, 11) is 8.71. The molecule has 2 bridgehead atoms. The van der Waals surface area contributed by atoms with Gasteiger partial charge in [-0.2, -0.15) is 5.10 Å². The first-order valence-electron chi connectivity index (χ1n) is 13.0. The average molecular weight is 531 g/mol. The van der Waals surface area contributed by atoms with Gasteiger partial charge in [0.2, 0.25) is 0 Å².